The van der Waals surface area contributed by atoms with E-state index in [0.29, 0.717) is 12.0 Å². The van der Waals surface area contributed by atoms with Crippen LogP contribution in [0.15, 0.2) is 30.3 Å². The molecule has 2 N–H and O–H groups in total. The molecule has 0 unspecified atom stereocenters. The number of hydrogen-bond acceptors (Lipinski definition) is 3. The van der Waals surface area contributed by atoms with Crippen molar-refractivity contribution in [1.29, 1.82) is 0 Å². The Morgan fingerprint density at radius 2 is 1.92 bits per heavy atom. The van der Waals surface area contributed by atoms with Gasteiger partial charge in [0.1, 0.15) is 0 Å². The summed E-state index contributed by atoms with van der Waals surface area (Å²) in [5.41, 5.74) is 7.09. The summed E-state index contributed by atoms with van der Waals surface area (Å²) in [6.07, 6.45) is 6.50. The van der Waals surface area contributed by atoms with Crippen LogP contribution in [-0.4, -0.2) is 53.5 Å². The second-order valence-electron chi connectivity index (χ2n) is 8.06. The van der Waals surface area contributed by atoms with Gasteiger partial charge in [-0.15, -0.1) is 0 Å². The fourth-order valence-corrected chi connectivity index (χ4v) is 4.40. The monoisotopic (exact) mass is 327 g/mol. The number of nitrogens with zero attached hydrogens (tertiary/aromatic N) is 2. The SMILES string of the molecule is NC1(C(=O)N2C[C@@H]3CC[C@H]2CN(CCCc2ccccc2)C3)CC1. The van der Waals surface area contributed by atoms with Crippen LogP contribution in [0.5, 0.6) is 0 Å². The van der Waals surface area contributed by atoms with Gasteiger partial charge in [0.05, 0.1) is 5.54 Å². The van der Waals surface area contributed by atoms with E-state index in [0.717, 1.165) is 51.9 Å². The molecule has 2 atom stereocenters. The maximum absolute atomic E-state index is 12.7. The zero-order chi connectivity index (χ0) is 16.6. The second kappa shape index (κ2) is 6.49. The molecule has 4 heteroatoms. The third-order valence-corrected chi connectivity index (χ3v) is 6.05. The molecule has 1 amide bonds. The van der Waals surface area contributed by atoms with Gasteiger partial charge in [0.15, 0.2) is 0 Å². The van der Waals surface area contributed by atoms with Gasteiger partial charge >= 0.3 is 0 Å². The Labute approximate surface area is 145 Å². The van der Waals surface area contributed by atoms with Crippen LogP contribution >= 0.6 is 0 Å². The Kier molecular flexibility index (Phi) is 4.35. The van der Waals surface area contributed by atoms with Crippen LogP contribution in [0.25, 0.3) is 0 Å². The van der Waals surface area contributed by atoms with E-state index >= 15 is 0 Å². The molecule has 2 bridgehead atoms. The Balaban J connectivity index is 1.33. The van der Waals surface area contributed by atoms with Crippen LogP contribution in [0.1, 0.15) is 37.7 Å². The summed E-state index contributed by atoms with van der Waals surface area (Å²) < 4.78 is 0. The normalized spacial score (nSPS) is 28.6. The van der Waals surface area contributed by atoms with E-state index in [1.807, 2.05) is 0 Å². The van der Waals surface area contributed by atoms with E-state index in [9.17, 15) is 4.79 Å². The number of carbonyl (C=O) groups is 1. The molecule has 1 aromatic carbocycles. The van der Waals surface area contributed by atoms with Crippen molar-refractivity contribution in [2.75, 3.05) is 26.2 Å². The molecule has 1 aromatic rings. The first kappa shape index (κ1) is 16.1. The van der Waals surface area contributed by atoms with Crippen LogP contribution in [0.3, 0.4) is 0 Å². The van der Waals surface area contributed by atoms with Crippen molar-refractivity contribution in [3.8, 4) is 0 Å². The molecule has 4 aliphatic rings. The minimum atomic E-state index is -0.511. The third kappa shape index (κ3) is 3.35. The first-order chi connectivity index (χ1) is 11.6. The maximum atomic E-state index is 12.7. The summed E-state index contributed by atoms with van der Waals surface area (Å²) in [5.74, 6) is 0.857. The Hall–Kier alpha value is -1.39. The number of piperidine rings is 1. The average molecular weight is 327 g/mol. The second-order valence-corrected chi connectivity index (χ2v) is 8.06. The lowest BCUT2D eigenvalue weighted by Gasteiger charge is -2.37. The average Bonchev–Trinajstić information content (AvgIpc) is 3.39. The van der Waals surface area contributed by atoms with Gasteiger partial charge in [0, 0.05) is 25.7 Å². The van der Waals surface area contributed by atoms with E-state index in [-0.39, 0.29) is 5.91 Å². The molecule has 3 saturated heterocycles. The van der Waals surface area contributed by atoms with Crippen molar-refractivity contribution >= 4 is 5.91 Å². The van der Waals surface area contributed by atoms with Crippen molar-refractivity contribution in [3.05, 3.63) is 35.9 Å². The minimum Gasteiger partial charge on any atom is -0.337 e. The largest absolute Gasteiger partial charge is 0.337 e. The summed E-state index contributed by atoms with van der Waals surface area (Å²) in [7, 11) is 0. The fourth-order valence-electron chi connectivity index (χ4n) is 4.40. The zero-order valence-corrected chi connectivity index (χ0v) is 14.5. The van der Waals surface area contributed by atoms with Gasteiger partial charge in [-0.25, -0.2) is 0 Å². The van der Waals surface area contributed by atoms with Crippen LogP contribution in [0.4, 0.5) is 0 Å². The smallest absolute Gasteiger partial charge is 0.242 e. The number of hydrogen-bond donors (Lipinski definition) is 1. The quantitative estimate of drug-likeness (QED) is 0.900. The number of amides is 1. The lowest BCUT2D eigenvalue weighted by Crippen LogP contribution is -2.54. The molecular weight excluding hydrogens is 298 g/mol. The molecule has 4 fully saturated rings. The molecule has 0 radical (unpaired) electrons. The summed E-state index contributed by atoms with van der Waals surface area (Å²) in [5, 5.41) is 0. The zero-order valence-electron chi connectivity index (χ0n) is 14.5. The summed E-state index contributed by atoms with van der Waals surface area (Å²) in [6, 6.07) is 11.1. The van der Waals surface area contributed by atoms with Gasteiger partial charge in [-0.05, 0) is 56.6 Å². The minimum absolute atomic E-state index is 0.225. The van der Waals surface area contributed by atoms with Crippen molar-refractivity contribution in [1.82, 2.24) is 9.80 Å². The van der Waals surface area contributed by atoms with Crippen LogP contribution in [0.2, 0.25) is 0 Å². The fraction of sp³-hybridized carbons (Fsp3) is 0.650. The van der Waals surface area contributed by atoms with Gasteiger partial charge in [-0.2, -0.15) is 0 Å². The van der Waals surface area contributed by atoms with Crippen molar-refractivity contribution in [2.45, 2.75) is 50.1 Å². The van der Waals surface area contributed by atoms with Gasteiger partial charge in [0.25, 0.3) is 0 Å². The van der Waals surface area contributed by atoms with E-state index in [1.54, 1.807) is 0 Å². The first-order valence-corrected chi connectivity index (χ1v) is 9.50. The maximum Gasteiger partial charge on any atom is 0.242 e. The highest BCUT2D eigenvalue weighted by molar-refractivity contribution is 5.89. The van der Waals surface area contributed by atoms with E-state index < -0.39 is 5.54 Å². The van der Waals surface area contributed by atoms with E-state index in [1.165, 1.54) is 18.4 Å². The van der Waals surface area contributed by atoms with Crippen molar-refractivity contribution in [2.24, 2.45) is 11.7 Å². The summed E-state index contributed by atoms with van der Waals surface area (Å²) >= 11 is 0. The van der Waals surface area contributed by atoms with E-state index in [2.05, 4.69) is 40.1 Å². The lowest BCUT2D eigenvalue weighted by molar-refractivity contribution is -0.137. The van der Waals surface area contributed by atoms with Crippen LogP contribution in [-0.2, 0) is 11.2 Å². The predicted molar refractivity (Wildman–Crippen MR) is 95.6 cm³/mol. The van der Waals surface area contributed by atoms with Gasteiger partial charge in [0.2, 0.25) is 5.91 Å². The molecule has 1 saturated carbocycles. The number of fused-ring (bicyclic) bond motifs is 4. The molecule has 130 valence electrons. The van der Waals surface area contributed by atoms with Crippen molar-refractivity contribution in [3.63, 3.8) is 0 Å². The number of carbonyl (C=O) groups excluding carboxylic acids is 1. The van der Waals surface area contributed by atoms with Gasteiger partial charge in [-0.3, -0.25) is 4.79 Å². The highest BCUT2D eigenvalue weighted by Crippen LogP contribution is 2.37. The first-order valence-electron chi connectivity index (χ1n) is 9.50. The van der Waals surface area contributed by atoms with Crippen molar-refractivity contribution < 1.29 is 4.79 Å². The molecule has 24 heavy (non-hydrogen) atoms. The number of aryl methyl sites for hydroxylation is 1. The molecule has 0 aromatic heterocycles. The molecular formula is C20H29N3O. The van der Waals surface area contributed by atoms with Crippen LogP contribution < -0.4 is 5.73 Å². The lowest BCUT2D eigenvalue weighted by atomic mass is 9.94. The summed E-state index contributed by atoms with van der Waals surface area (Å²) in [6.45, 7) is 4.25. The Morgan fingerprint density at radius 1 is 1.12 bits per heavy atom. The van der Waals surface area contributed by atoms with Gasteiger partial charge in [-0.1, -0.05) is 30.3 Å². The third-order valence-electron chi connectivity index (χ3n) is 6.05. The predicted octanol–water partition coefficient (Wildman–Crippen LogP) is 2.03. The molecule has 5 rings (SSSR count). The number of benzene rings is 1. The van der Waals surface area contributed by atoms with E-state index in [4.69, 9.17) is 5.73 Å². The number of rotatable bonds is 5. The summed E-state index contributed by atoms with van der Waals surface area (Å²) in [4.78, 5) is 17.4. The van der Waals surface area contributed by atoms with Gasteiger partial charge < -0.3 is 15.5 Å². The molecule has 4 nitrogen and oxygen atoms in total. The topological polar surface area (TPSA) is 49.6 Å². The number of nitrogens with two attached hydrogens (primary N) is 1. The Bertz CT molecular complexity index is 584. The molecule has 3 aliphatic heterocycles. The molecule has 0 spiro atoms. The highest BCUT2D eigenvalue weighted by Gasteiger charge is 2.51. The van der Waals surface area contributed by atoms with Crippen LogP contribution in [0, 0.1) is 5.92 Å². The molecule has 3 heterocycles. The molecule has 1 aliphatic carbocycles. The standard InChI is InChI=1S/C20H29N3O/c21-20(10-11-20)19(24)23-14-17-8-9-18(23)15-22(13-17)12-4-7-16-5-2-1-3-6-16/h1-3,5-6,17-18H,4,7-15,21H2/t17-,18+/m1/s1. The Morgan fingerprint density at radius 3 is 2.67 bits per heavy atom. The highest BCUT2D eigenvalue weighted by atomic mass is 16.2.